The number of hydrogen-bond donors (Lipinski definition) is 1. The summed E-state index contributed by atoms with van der Waals surface area (Å²) >= 11 is 0. The van der Waals surface area contributed by atoms with Crippen LogP contribution in [0.5, 0.6) is 0 Å². The number of halogens is 2. The van der Waals surface area contributed by atoms with Crippen molar-refractivity contribution in [3.63, 3.8) is 0 Å². The van der Waals surface area contributed by atoms with E-state index < -0.39 is 11.5 Å². The standard InChI is InChI=1S/C27H42F2O/c1-18(13-17-27(28,29)24(2,3)30)21-11-12-22-20-10-9-19-8-6-7-15-25(19,4)23(20)14-16-26(21,22)5/h9-10,18,21-23,30H,6-8,11-17H2,1-5H3/t18-,21-,22+,23+,25+,26-/m1/s1. The fourth-order valence-corrected chi connectivity index (χ4v) is 7.93. The molecule has 0 saturated heterocycles. The summed E-state index contributed by atoms with van der Waals surface area (Å²) in [6.07, 6.45) is 15.4. The summed E-state index contributed by atoms with van der Waals surface area (Å²) in [4.78, 5) is 0. The maximum Gasteiger partial charge on any atom is 0.275 e. The smallest absolute Gasteiger partial charge is 0.275 e. The van der Waals surface area contributed by atoms with Gasteiger partial charge in [0.25, 0.3) is 5.92 Å². The van der Waals surface area contributed by atoms with E-state index in [1.165, 1.54) is 58.8 Å². The Morgan fingerprint density at radius 1 is 1.07 bits per heavy atom. The largest absolute Gasteiger partial charge is 0.384 e. The summed E-state index contributed by atoms with van der Waals surface area (Å²) in [7, 11) is 0. The van der Waals surface area contributed by atoms with E-state index in [0.717, 1.165) is 6.42 Å². The Kier molecular flexibility index (Phi) is 5.57. The van der Waals surface area contributed by atoms with Crippen LogP contribution in [-0.2, 0) is 0 Å². The lowest BCUT2D eigenvalue weighted by atomic mass is 9.50. The molecule has 0 heterocycles. The molecule has 4 aliphatic rings. The van der Waals surface area contributed by atoms with Crippen LogP contribution in [0.3, 0.4) is 0 Å². The first-order chi connectivity index (χ1) is 13.9. The zero-order valence-electron chi connectivity index (χ0n) is 19.7. The van der Waals surface area contributed by atoms with Gasteiger partial charge in [0.15, 0.2) is 0 Å². The molecule has 1 nitrogen and oxygen atoms in total. The highest BCUT2D eigenvalue weighted by Gasteiger charge is 2.57. The molecule has 0 amide bonds. The van der Waals surface area contributed by atoms with Crippen LogP contribution in [0.2, 0.25) is 0 Å². The average molecular weight is 421 g/mol. The molecule has 4 rings (SSSR count). The van der Waals surface area contributed by atoms with Crippen molar-refractivity contribution in [2.24, 2.45) is 34.5 Å². The summed E-state index contributed by atoms with van der Waals surface area (Å²) in [5.74, 6) is -0.933. The molecule has 170 valence electrons. The van der Waals surface area contributed by atoms with Gasteiger partial charge < -0.3 is 5.11 Å². The first-order valence-corrected chi connectivity index (χ1v) is 12.4. The van der Waals surface area contributed by atoms with Crippen molar-refractivity contribution in [1.82, 2.24) is 0 Å². The normalized spacial score (nSPS) is 40.1. The van der Waals surface area contributed by atoms with Crippen LogP contribution in [0.4, 0.5) is 8.78 Å². The van der Waals surface area contributed by atoms with E-state index in [9.17, 15) is 13.9 Å². The van der Waals surface area contributed by atoms with Gasteiger partial charge in [0, 0.05) is 6.42 Å². The van der Waals surface area contributed by atoms with Gasteiger partial charge in [-0.15, -0.1) is 0 Å². The molecule has 4 aliphatic carbocycles. The molecule has 0 aromatic heterocycles. The van der Waals surface area contributed by atoms with Crippen molar-refractivity contribution >= 4 is 0 Å². The lowest BCUT2D eigenvalue weighted by Gasteiger charge is -2.55. The van der Waals surface area contributed by atoms with E-state index in [4.69, 9.17) is 0 Å². The van der Waals surface area contributed by atoms with E-state index in [-0.39, 0.29) is 17.8 Å². The Balaban J connectivity index is 1.51. The Labute approximate surface area is 182 Å². The summed E-state index contributed by atoms with van der Waals surface area (Å²) in [6.45, 7) is 9.62. The average Bonchev–Trinajstić information content (AvgIpc) is 3.02. The molecule has 0 bridgehead atoms. The first-order valence-electron chi connectivity index (χ1n) is 12.4. The molecule has 0 aliphatic heterocycles. The third-order valence-corrected chi connectivity index (χ3v) is 10.1. The second kappa shape index (κ2) is 7.42. The van der Waals surface area contributed by atoms with Gasteiger partial charge in [-0.05, 0) is 99.7 Å². The molecule has 0 aromatic carbocycles. The predicted octanol–water partition coefficient (Wildman–Crippen LogP) is 7.70. The van der Waals surface area contributed by atoms with Crippen LogP contribution < -0.4 is 0 Å². The van der Waals surface area contributed by atoms with Gasteiger partial charge in [0.2, 0.25) is 0 Å². The van der Waals surface area contributed by atoms with Gasteiger partial charge >= 0.3 is 0 Å². The second-order valence-corrected chi connectivity index (χ2v) is 12.1. The Bertz CT molecular complexity index is 730. The van der Waals surface area contributed by atoms with Crippen molar-refractivity contribution in [3.8, 4) is 0 Å². The summed E-state index contributed by atoms with van der Waals surface area (Å²) in [5, 5.41) is 9.85. The monoisotopic (exact) mass is 420 g/mol. The zero-order chi connectivity index (χ0) is 21.9. The summed E-state index contributed by atoms with van der Waals surface area (Å²) in [5.41, 5.74) is 2.03. The molecular weight excluding hydrogens is 378 g/mol. The molecule has 6 atom stereocenters. The van der Waals surface area contributed by atoms with Gasteiger partial charge in [-0.1, -0.05) is 50.5 Å². The first kappa shape index (κ1) is 22.5. The minimum Gasteiger partial charge on any atom is -0.384 e. The second-order valence-electron chi connectivity index (χ2n) is 12.1. The van der Waals surface area contributed by atoms with Crippen molar-refractivity contribution in [2.45, 2.75) is 110 Å². The lowest BCUT2D eigenvalue weighted by Crippen LogP contribution is -2.46. The molecule has 3 heteroatoms. The predicted molar refractivity (Wildman–Crippen MR) is 119 cm³/mol. The van der Waals surface area contributed by atoms with Crippen molar-refractivity contribution in [2.75, 3.05) is 0 Å². The van der Waals surface area contributed by atoms with E-state index in [0.29, 0.717) is 29.6 Å². The maximum absolute atomic E-state index is 14.4. The van der Waals surface area contributed by atoms with Crippen molar-refractivity contribution < 1.29 is 13.9 Å². The number of allylic oxidation sites excluding steroid dienone is 4. The molecule has 0 spiro atoms. The van der Waals surface area contributed by atoms with Gasteiger partial charge in [-0.2, -0.15) is 0 Å². The fraction of sp³-hybridized carbons (Fsp3) is 0.852. The quantitative estimate of drug-likeness (QED) is 0.483. The van der Waals surface area contributed by atoms with Gasteiger partial charge in [0.1, 0.15) is 5.60 Å². The van der Waals surface area contributed by atoms with E-state index in [1.54, 1.807) is 11.1 Å². The topological polar surface area (TPSA) is 20.2 Å². The van der Waals surface area contributed by atoms with Crippen LogP contribution in [0.15, 0.2) is 23.3 Å². The summed E-state index contributed by atoms with van der Waals surface area (Å²) < 4.78 is 28.7. The van der Waals surface area contributed by atoms with E-state index in [1.807, 2.05) is 0 Å². The third-order valence-electron chi connectivity index (χ3n) is 10.1. The molecule has 0 radical (unpaired) electrons. The minimum atomic E-state index is -3.03. The lowest BCUT2D eigenvalue weighted by molar-refractivity contribution is -0.168. The molecule has 0 unspecified atom stereocenters. The number of rotatable bonds is 5. The molecule has 3 saturated carbocycles. The third kappa shape index (κ3) is 3.42. The van der Waals surface area contributed by atoms with Crippen molar-refractivity contribution in [3.05, 3.63) is 23.3 Å². The van der Waals surface area contributed by atoms with Crippen LogP contribution in [0.1, 0.15) is 98.8 Å². The molecule has 1 N–H and O–H groups in total. The Morgan fingerprint density at radius 3 is 2.50 bits per heavy atom. The molecule has 3 fully saturated rings. The van der Waals surface area contributed by atoms with Crippen molar-refractivity contribution in [1.29, 1.82) is 0 Å². The number of aliphatic hydroxyl groups is 1. The SMILES string of the molecule is C[C@H](CCC(F)(F)C(C)(C)O)[C@H]1CC[C@H]2C3=CC=C4CCCC[C@]4(C)[C@H]3CC[C@]12C. The highest BCUT2D eigenvalue weighted by molar-refractivity contribution is 5.38. The van der Waals surface area contributed by atoms with Gasteiger partial charge in [-0.25, -0.2) is 8.78 Å². The van der Waals surface area contributed by atoms with Crippen LogP contribution in [-0.4, -0.2) is 16.6 Å². The number of hydrogen-bond acceptors (Lipinski definition) is 1. The van der Waals surface area contributed by atoms with Gasteiger partial charge in [-0.3, -0.25) is 0 Å². The Hall–Kier alpha value is -0.700. The molecular formula is C27H42F2O. The fourth-order valence-electron chi connectivity index (χ4n) is 7.93. The Morgan fingerprint density at radius 2 is 1.80 bits per heavy atom. The van der Waals surface area contributed by atoms with E-state index in [2.05, 4.69) is 32.9 Å². The van der Waals surface area contributed by atoms with Crippen LogP contribution >= 0.6 is 0 Å². The number of fused-ring (bicyclic) bond motifs is 5. The molecule has 30 heavy (non-hydrogen) atoms. The van der Waals surface area contributed by atoms with Gasteiger partial charge in [0.05, 0.1) is 0 Å². The highest BCUT2D eigenvalue weighted by atomic mass is 19.3. The zero-order valence-corrected chi connectivity index (χ0v) is 19.7. The molecule has 0 aromatic rings. The number of alkyl halides is 2. The van der Waals surface area contributed by atoms with Crippen LogP contribution in [0, 0.1) is 34.5 Å². The summed E-state index contributed by atoms with van der Waals surface area (Å²) in [6, 6.07) is 0. The van der Waals surface area contributed by atoms with E-state index >= 15 is 0 Å². The minimum absolute atomic E-state index is 0.218. The van der Waals surface area contributed by atoms with Crippen LogP contribution in [0.25, 0.3) is 0 Å². The maximum atomic E-state index is 14.4. The highest BCUT2D eigenvalue weighted by Crippen LogP contribution is 2.66.